The van der Waals surface area contributed by atoms with Crippen molar-refractivity contribution >= 4 is 21.8 Å². The van der Waals surface area contributed by atoms with E-state index < -0.39 is 0 Å². The standard InChI is InChI=1S/C14H19BrN2O/c1-14(6-3-7-16-9-14)10-17-13(18)11-4-2-5-12(15)8-11/h2,4-5,8,16H,3,6-7,9-10H2,1H3,(H,17,18). The van der Waals surface area contributed by atoms with Gasteiger partial charge in [-0.1, -0.05) is 28.9 Å². The Morgan fingerprint density at radius 2 is 2.39 bits per heavy atom. The average molecular weight is 311 g/mol. The van der Waals surface area contributed by atoms with E-state index in [0.29, 0.717) is 5.56 Å². The molecule has 1 aliphatic rings. The Morgan fingerprint density at radius 1 is 1.56 bits per heavy atom. The number of rotatable bonds is 3. The normalized spacial score (nSPS) is 23.7. The first-order valence-electron chi connectivity index (χ1n) is 6.34. The van der Waals surface area contributed by atoms with Crippen LogP contribution in [0.25, 0.3) is 0 Å². The third-order valence-electron chi connectivity index (χ3n) is 3.45. The lowest BCUT2D eigenvalue weighted by atomic mass is 9.83. The van der Waals surface area contributed by atoms with Crippen LogP contribution in [0, 0.1) is 5.41 Å². The van der Waals surface area contributed by atoms with E-state index in [1.807, 2.05) is 24.3 Å². The summed E-state index contributed by atoms with van der Waals surface area (Å²) in [5, 5.41) is 6.43. The number of hydrogen-bond acceptors (Lipinski definition) is 2. The zero-order chi connectivity index (χ0) is 13.0. The van der Waals surface area contributed by atoms with Crippen molar-refractivity contribution in [1.29, 1.82) is 0 Å². The summed E-state index contributed by atoms with van der Waals surface area (Å²) in [5.41, 5.74) is 0.886. The highest BCUT2D eigenvalue weighted by Gasteiger charge is 2.27. The highest BCUT2D eigenvalue weighted by molar-refractivity contribution is 9.10. The molecular formula is C14H19BrN2O. The van der Waals surface area contributed by atoms with Gasteiger partial charge in [-0.3, -0.25) is 4.79 Å². The number of nitrogens with one attached hydrogen (secondary N) is 2. The van der Waals surface area contributed by atoms with E-state index in [2.05, 4.69) is 33.5 Å². The largest absolute Gasteiger partial charge is 0.351 e. The minimum atomic E-state index is 0.00287. The molecule has 0 radical (unpaired) electrons. The van der Waals surface area contributed by atoms with Gasteiger partial charge in [0, 0.05) is 23.1 Å². The van der Waals surface area contributed by atoms with E-state index in [0.717, 1.165) is 24.1 Å². The van der Waals surface area contributed by atoms with Crippen LogP contribution >= 0.6 is 15.9 Å². The first-order valence-corrected chi connectivity index (χ1v) is 7.13. The van der Waals surface area contributed by atoms with Crippen molar-refractivity contribution in [3.63, 3.8) is 0 Å². The van der Waals surface area contributed by atoms with Gasteiger partial charge in [0.1, 0.15) is 0 Å². The molecule has 3 nitrogen and oxygen atoms in total. The maximum atomic E-state index is 12.0. The molecule has 1 aliphatic heterocycles. The zero-order valence-electron chi connectivity index (χ0n) is 10.6. The third kappa shape index (κ3) is 3.56. The number of carbonyl (C=O) groups excluding carboxylic acids is 1. The Hall–Kier alpha value is -0.870. The summed E-state index contributed by atoms with van der Waals surface area (Å²) < 4.78 is 0.931. The van der Waals surface area contributed by atoms with Crippen LogP contribution in [0.1, 0.15) is 30.1 Å². The predicted octanol–water partition coefficient (Wildman–Crippen LogP) is 2.57. The van der Waals surface area contributed by atoms with Gasteiger partial charge in [-0.15, -0.1) is 0 Å². The maximum absolute atomic E-state index is 12.0. The Labute approximate surface area is 116 Å². The Balaban J connectivity index is 1.92. The van der Waals surface area contributed by atoms with Crippen molar-refractivity contribution in [3.05, 3.63) is 34.3 Å². The Kier molecular flexibility index (Phi) is 4.40. The van der Waals surface area contributed by atoms with Gasteiger partial charge in [0.15, 0.2) is 0 Å². The molecule has 4 heteroatoms. The highest BCUT2D eigenvalue weighted by atomic mass is 79.9. The molecule has 1 unspecified atom stereocenters. The van der Waals surface area contributed by atoms with Gasteiger partial charge < -0.3 is 10.6 Å². The lowest BCUT2D eigenvalue weighted by molar-refractivity contribution is 0.0924. The summed E-state index contributed by atoms with van der Waals surface area (Å²) >= 11 is 3.38. The lowest BCUT2D eigenvalue weighted by Crippen LogP contribution is -2.45. The van der Waals surface area contributed by atoms with E-state index in [4.69, 9.17) is 0 Å². The van der Waals surface area contributed by atoms with E-state index in [-0.39, 0.29) is 11.3 Å². The van der Waals surface area contributed by atoms with Gasteiger partial charge in [-0.05, 0) is 43.0 Å². The number of carbonyl (C=O) groups is 1. The maximum Gasteiger partial charge on any atom is 0.251 e. The van der Waals surface area contributed by atoms with Crippen molar-refractivity contribution < 1.29 is 4.79 Å². The number of hydrogen-bond donors (Lipinski definition) is 2. The minimum Gasteiger partial charge on any atom is -0.351 e. The number of halogens is 1. The van der Waals surface area contributed by atoms with Crippen LogP contribution in [0.4, 0.5) is 0 Å². The van der Waals surface area contributed by atoms with Crippen molar-refractivity contribution in [2.45, 2.75) is 19.8 Å². The van der Waals surface area contributed by atoms with E-state index in [9.17, 15) is 4.79 Å². The molecule has 1 aromatic carbocycles. The first-order chi connectivity index (χ1) is 8.59. The predicted molar refractivity (Wildman–Crippen MR) is 76.7 cm³/mol. The average Bonchev–Trinajstić information content (AvgIpc) is 2.37. The Bertz CT molecular complexity index is 428. The smallest absolute Gasteiger partial charge is 0.251 e. The molecule has 0 spiro atoms. The number of amides is 1. The van der Waals surface area contributed by atoms with Crippen molar-refractivity contribution in [2.75, 3.05) is 19.6 Å². The summed E-state index contributed by atoms with van der Waals surface area (Å²) in [6, 6.07) is 7.48. The summed E-state index contributed by atoms with van der Waals surface area (Å²) in [6.07, 6.45) is 2.35. The molecule has 1 atom stereocenters. The molecule has 1 fully saturated rings. The van der Waals surface area contributed by atoms with Crippen molar-refractivity contribution in [2.24, 2.45) is 5.41 Å². The molecule has 0 aromatic heterocycles. The minimum absolute atomic E-state index is 0.00287. The quantitative estimate of drug-likeness (QED) is 0.901. The van der Waals surface area contributed by atoms with Gasteiger partial charge >= 0.3 is 0 Å². The molecule has 18 heavy (non-hydrogen) atoms. The highest BCUT2D eigenvalue weighted by Crippen LogP contribution is 2.24. The van der Waals surface area contributed by atoms with Crippen molar-refractivity contribution in [3.8, 4) is 0 Å². The van der Waals surface area contributed by atoms with E-state index in [1.54, 1.807) is 0 Å². The summed E-state index contributed by atoms with van der Waals surface area (Å²) in [4.78, 5) is 12.0. The second-order valence-electron chi connectivity index (χ2n) is 5.28. The molecule has 1 heterocycles. The molecule has 98 valence electrons. The fourth-order valence-electron chi connectivity index (χ4n) is 2.30. The molecule has 1 saturated heterocycles. The van der Waals surface area contributed by atoms with Crippen LogP contribution in [0.5, 0.6) is 0 Å². The molecule has 0 bridgehead atoms. The summed E-state index contributed by atoms with van der Waals surface area (Å²) in [7, 11) is 0. The Morgan fingerprint density at radius 3 is 3.06 bits per heavy atom. The van der Waals surface area contributed by atoms with E-state index >= 15 is 0 Å². The molecule has 2 N–H and O–H groups in total. The lowest BCUT2D eigenvalue weighted by Gasteiger charge is -2.34. The summed E-state index contributed by atoms with van der Waals surface area (Å²) in [5.74, 6) is 0.00287. The van der Waals surface area contributed by atoms with Crippen molar-refractivity contribution in [1.82, 2.24) is 10.6 Å². The fourth-order valence-corrected chi connectivity index (χ4v) is 2.69. The third-order valence-corrected chi connectivity index (χ3v) is 3.94. The van der Waals surface area contributed by atoms with E-state index in [1.165, 1.54) is 12.8 Å². The molecule has 0 saturated carbocycles. The summed E-state index contributed by atoms with van der Waals surface area (Å²) in [6.45, 7) is 5.02. The van der Waals surface area contributed by atoms with Crippen LogP contribution in [0.2, 0.25) is 0 Å². The van der Waals surface area contributed by atoms with Gasteiger partial charge in [0.25, 0.3) is 5.91 Å². The number of piperidine rings is 1. The monoisotopic (exact) mass is 310 g/mol. The molecule has 1 aromatic rings. The van der Waals surface area contributed by atoms with Crippen LogP contribution in [-0.4, -0.2) is 25.5 Å². The fraction of sp³-hybridized carbons (Fsp3) is 0.500. The second kappa shape index (κ2) is 5.85. The molecule has 2 rings (SSSR count). The van der Waals surface area contributed by atoms with Gasteiger partial charge in [0.2, 0.25) is 0 Å². The van der Waals surface area contributed by atoms with Crippen LogP contribution < -0.4 is 10.6 Å². The molecular weight excluding hydrogens is 292 g/mol. The zero-order valence-corrected chi connectivity index (χ0v) is 12.2. The molecule has 1 amide bonds. The first kappa shape index (κ1) is 13.6. The topological polar surface area (TPSA) is 41.1 Å². The van der Waals surface area contributed by atoms with Crippen LogP contribution in [0.15, 0.2) is 28.7 Å². The van der Waals surface area contributed by atoms with Gasteiger partial charge in [-0.2, -0.15) is 0 Å². The van der Waals surface area contributed by atoms with Crippen LogP contribution in [0.3, 0.4) is 0 Å². The number of benzene rings is 1. The van der Waals surface area contributed by atoms with Gasteiger partial charge in [-0.25, -0.2) is 0 Å². The SMILES string of the molecule is CC1(CNC(=O)c2cccc(Br)c2)CCCNC1. The molecule has 0 aliphatic carbocycles. The second-order valence-corrected chi connectivity index (χ2v) is 6.20. The van der Waals surface area contributed by atoms with Gasteiger partial charge in [0.05, 0.1) is 0 Å². The van der Waals surface area contributed by atoms with Crippen LogP contribution in [-0.2, 0) is 0 Å².